The van der Waals surface area contributed by atoms with Crippen molar-refractivity contribution < 1.29 is 4.79 Å². The summed E-state index contributed by atoms with van der Waals surface area (Å²) in [5.41, 5.74) is 0. The maximum atomic E-state index is 10.6. The highest BCUT2D eigenvalue weighted by Crippen LogP contribution is 1.92. The van der Waals surface area contributed by atoms with Gasteiger partial charge in [0.2, 0.25) is 0 Å². The van der Waals surface area contributed by atoms with Gasteiger partial charge in [0.15, 0.2) is 5.78 Å². The maximum absolute atomic E-state index is 10.6. The van der Waals surface area contributed by atoms with E-state index in [-0.39, 0.29) is 5.78 Å². The first-order valence-electron chi connectivity index (χ1n) is 3.61. The van der Waals surface area contributed by atoms with Crippen LogP contribution in [0, 0.1) is 0 Å². The van der Waals surface area contributed by atoms with Gasteiger partial charge in [0.1, 0.15) is 0 Å². The quantitative estimate of drug-likeness (QED) is 0.421. The molecule has 0 fully saturated rings. The van der Waals surface area contributed by atoms with Crippen LogP contribution in [-0.2, 0) is 4.79 Å². The molecule has 0 aliphatic rings. The summed E-state index contributed by atoms with van der Waals surface area (Å²) in [5.74, 6) is 0.0901. The fourth-order valence-corrected chi connectivity index (χ4v) is 0.567. The van der Waals surface area contributed by atoms with Gasteiger partial charge in [-0.3, -0.25) is 4.79 Å². The van der Waals surface area contributed by atoms with E-state index in [4.69, 9.17) is 0 Å². The summed E-state index contributed by atoms with van der Waals surface area (Å²) < 4.78 is 0. The van der Waals surface area contributed by atoms with Crippen molar-refractivity contribution in [2.75, 3.05) is 0 Å². The Bertz CT molecular complexity index is 134. The monoisotopic (exact) mass is 138 g/mol. The summed E-state index contributed by atoms with van der Waals surface area (Å²) in [7, 11) is 0. The first kappa shape index (κ1) is 9.15. The number of rotatable bonds is 5. The molecule has 0 spiro atoms. The normalized spacial score (nSPS) is 10.1. The van der Waals surface area contributed by atoms with E-state index in [0.717, 1.165) is 12.8 Å². The Morgan fingerprint density at radius 3 is 2.70 bits per heavy atom. The van der Waals surface area contributed by atoms with Crippen LogP contribution in [0.3, 0.4) is 0 Å². The van der Waals surface area contributed by atoms with Gasteiger partial charge in [-0.15, -0.1) is 0 Å². The summed E-state index contributed by atoms with van der Waals surface area (Å²) in [6, 6.07) is 0. The molecule has 0 N–H and O–H groups in total. The summed E-state index contributed by atoms with van der Waals surface area (Å²) in [6.45, 7) is 5.49. The van der Waals surface area contributed by atoms with Crippen LogP contribution in [0.4, 0.5) is 0 Å². The van der Waals surface area contributed by atoms with Crippen LogP contribution < -0.4 is 0 Å². The topological polar surface area (TPSA) is 17.1 Å². The Kier molecular flexibility index (Phi) is 5.74. The third-order valence-electron chi connectivity index (χ3n) is 1.17. The van der Waals surface area contributed by atoms with E-state index in [9.17, 15) is 4.79 Å². The van der Waals surface area contributed by atoms with Crippen LogP contribution in [0.25, 0.3) is 0 Å². The third-order valence-corrected chi connectivity index (χ3v) is 1.17. The van der Waals surface area contributed by atoms with Crippen molar-refractivity contribution in [3.63, 3.8) is 0 Å². The first-order valence-corrected chi connectivity index (χ1v) is 3.61. The maximum Gasteiger partial charge on any atom is 0.158 e. The predicted octanol–water partition coefficient (Wildman–Crippen LogP) is 2.49. The number of carbonyl (C=O) groups is 1. The minimum Gasteiger partial charge on any atom is -0.295 e. The summed E-state index contributed by atoms with van der Waals surface area (Å²) in [6.07, 6.45) is 7.98. The number of carbonyl (C=O) groups excluding carboxylic acids is 1. The van der Waals surface area contributed by atoms with E-state index in [0.29, 0.717) is 6.42 Å². The zero-order valence-corrected chi connectivity index (χ0v) is 6.47. The number of ketones is 1. The molecule has 56 valence electrons. The van der Waals surface area contributed by atoms with Crippen molar-refractivity contribution >= 4 is 5.78 Å². The van der Waals surface area contributed by atoms with Gasteiger partial charge in [0, 0.05) is 6.42 Å². The van der Waals surface area contributed by atoms with Gasteiger partial charge in [-0.25, -0.2) is 0 Å². The minimum atomic E-state index is 0.0901. The summed E-state index contributed by atoms with van der Waals surface area (Å²) >= 11 is 0. The van der Waals surface area contributed by atoms with Crippen molar-refractivity contribution in [3.05, 3.63) is 24.8 Å². The number of unbranched alkanes of at least 4 members (excludes halogenated alkanes) is 1. The second kappa shape index (κ2) is 6.27. The van der Waals surface area contributed by atoms with Crippen molar-refractivity contribution in [1.29, 1.82) is 0 Å². The zero-order chi connectivity index (χ0) is 7.82. The third kappa shape index (κ3) is 5.29. The average molecular weight is 138 g/mol. The molecule has 10 heavy (non-hydrogen) atoms. The van der Waals surface area contributed by atoms with E-state index in [1.165, 1.54) is 6.08 Å². The zero-order valence-electron chi connectivity index (χ0n) is 6.47. The molecule has 0 bridgehead atoms. The van der Waals surface area contributed by atoms with E-state index in [2.05, 4.69) is 13.5 Å². The SMILES string of the molecule is C=CC(=O)C/C=C\CCC. The van der Waals surface area contributed by atoms with E-state index >= 15 is 0 Å². The number of allylic oxidation sites excluding steroid dienone is 3. The number of hydrogen-bond donors (Lipinski definition) is 0. The molecule has 0 aliphatic carbocycles. The lowest BCUT2D eigenvalue weighted by Gasteiger charge is -1.85. The Hall–Kier alpha value is -0.850. The van der Waals surface area contributed by atoms with Crippen LogP contribution in [0.5, 0.6) is 0 Å². The molecular formula is C9H14O. The van der Waals surface area contributed by atoms with Crippen molar-refractivity contribution in [1.82, 2.24) is 0 Å². The minimum absolute atomic E-state index is 0.0901. The van der Waals surface area contributed by atoms with Gasteiger partial charge in [-0.1, -0.05) is 32.1 Å². The van der Waals surface area contributed by atoms with Crippen molar-refractivity contribution in [2.45, 2.75) is 26.2 Å². The molecule has 0 amide bonds. The average Bonchev–Trinajstić information content (AvgIpc) is 1.98. The molecule has 0 saturated heterocycles. The Morgan fingerprint density at radius 1 is 1.50 bits per heavy atom. The smallest absolute Gasteiger partial charge is 0.158 e. The Morgan fingerprint density at radius 2 is 2.20 bits per heavy atom. The van der Waals surface area contributed by atoms with Crippen LogP contribution in [0.15, 0.2) is 24.8 Å². The molecule has 0 aromatic rings. The largest absolute Gasteiger partial charge is 0.295 e. The standard InChI is InChI=1S/C9H14O/c1-3-5-6-7-8-9(10)4-2/h4,6-7H,2-3,5,8H2,1H3/b7-6-. The molecule has 0 heterocycles. The van der Waals surface area contributed by atoms with Crippen LogP contribution in [-0.4, -0.2) is 5.78 Å². The lowest BCUT2D eigenvalue weighted by atomic mass is 10.2. The predicted molar refractivity (Wildman–Crippen MR) is 43.9 cm³/mol. The fourth-order valence-electron chi connectivity index (χ4n) is 0.567. The highest BCUT2D eigenvalue weighted by Gasteiger charge is 1.87. The molecule has 0 radical (unpaired) electrons. The summed E-state index contributed by atoms with van der Waals surface area (Å²) in [4.78, 5) is 10.6. The van der Waals surface area contributed by atoms with E-state index in [1.54, 1.807) is 0 Å². The Balaban J connectivity index is 3.33. The molecule has 1 nitrogen and oxygen atoms in total. The van der Waals surface area contributed by atoms with Gasteiger partial charge in [0.05, 0.1) is 0 Å². The van der Waals surface area contributed by atoms with Crippen LogP contribution >= 0.6 is 0 Å². The summed E-state index contributed by atoms with van der Waals surface area (Å²) in [5, 5.41) is 0. The molecule has 1 heteroatoms. The van der Waals surface area contributed by atoms with Crippen molar-refractivity contribution in [3.8, 4) is 0 Å². The molecule has 0 rings (SSSR count). The highest BCUT2D eigenvalue weighted by atomic mass is 16.1. The van der Waals surface area contributed by atoms with Gasteiger partial charge in [-0.2, -0.15) is 0 Å². The molecule has 0 aliphatic heterocycles. The van der Waals surface area contributed by atoms with E-state index in [1.807, 2.05) is 12.2 Å². The Labute approximate surface area is 62.4 Å². The van der Waals surface area contributed by atoms with Gasteiger partial charge in [0.25, 0.3) is 0 Å². The number of hydrogen-bond acceptors (Lipinski definition) is 1. The first-order chi connectivity index (χ1) is 4.81. The van der Waals surface area contributed by atoms with Gasteiger partial charge >= 0.3 is 0 Å². The lowest BCUT2D eigenvalue weighted by Crippen LogP contribution is -1.86. The highest BCUT2D eigenvalue weighted by molar-refractivity contribution is 5.90. The molecule has 0 saturated carbocycles. The second-order valence-electron chi connectivity index (χ2n) is 2.13. The fraction of sp³-hybridized carbons (Fsp3) is 0.444. The van der Waals surface area contributed by atoms with Gasteiger partial charge < -0.3 is 0 Å². The molecular weight excluding hydrogens is 124 g/mol. The van der Waals surface area contributed by atoms with E-state index < -0.39 is 0 Å². The van der Waals surface area contributed by atoms with Gasteiger partial charge in [-0.05, 0) is 12.5 Å². The van der Waals surface area contributed by atoms with Crippen molar-refractivity contribution in [2.24, 2.45) is 0 Å². The molecule has 0 unspecified atom stereocenters. The van der Waals surface area contributed by atoms with Crippen LogP contribution in [0.2, 0.25) is 0 Å². The molecule has 0 atom stereocenters. The second-order valence-corrected chi connectivity index (χ2v) is 2.13. The molecule has 0 aromatic heterocycles. The lowest BCUT2D eigenvalue weighted by molar-refractivity contribution is -0.113. The van der Waals surface area contributed by atoms with Crippen LogP contribution in [0.1, 0.15) is 26.2 Å². The molecule has 0 aromatic carbocycles.